The SMILES string of the molecule is C[C@@H]1Oc2ncc(Br)cc2N(CCN(C)C)C1=O. The summed E-state index contributed by atoms with van der Waals surface area (Å²) < 4.78 is 6.33. The summed E-state index contributed by atoms with van der Waals surface area (Å²) in [5.41, 5.74) is 0.731. The third-order valence-electron chi connectivity index (χ3n) is 2.76. The molecule has 0 radical (unpaired) electrons. The summed E-state index contributed by atoms with van der Waals surface area (Å²) in [5, 5.41) is 0. The minimum atomic E-state index is -0.478. The lowest BCUT2D eigenvalue weighted by Crippen LogP contribution is -2.47. The van der Waals surface area contributed by atoms with Crippen LogP contribution in [0.3, 0.4) is 0 Å². The van der Waals surface area contributed by atoms with Gasteiger partial charge in [-0.2, -0.15) is 0 Å². The minimum Gasteiger partial charge on any atom is -0.463 e. The normalized spacial score (nSPS) is 18.8. The first-order chi connectivity index (χ1) is 8.49. The van der Waals surface area contributed by atoms with Crippen LogP contribution in [0.15, 0.2) is 16.7 Å². The van der Waals surface area contributed by atoms with E-state index < -0.39 is 6.10 Å². The number of fused-ring (bicyclic) bond motifs is 1. The van der Waals surface area contributed by atoms with Gasteiger partial charge in [0.2, 0.25) is 5.88 Å². The summed E-state index contributed by atoms with van der Waals surface area (Å²) in [4.78, 5) is 20.1. The smallest absolute Gasteiger partial charge is 0.268 e. The molecule has 98 valence electrons. The largest absolute Gasteiger partial charge is 0.463 e. The molecule has 1 atom stereocenters. The van der Waals surface area contributed by atoms with E-state index in [1.807, 2.05) is 25.1 Å². The predicted molar refractivity (Wildman–Crippen MR) is 72.9 cm³/mol. The summed E-state index contributed by atoms with van der Waals surface area (Å²) in [5.74, 6) is 0.494. The van der Waals surface area contributed by atoms with Gasteiger partial charge in [0.25, 0.3) is 5.91 Å². The second kappa shape index (κ2) is 5.24. The standard InChI is InChI=1S/C12H16BrN3O2/c1-8-12(17)16(5-4-15(2)3)10-6-9(13)7-14-11(10)18-8/h6-8H,4-5H2,1-3H3/t8-/m0/s1. The van der Waals surface area contributed by atoms with Crippen molar-refractivity contribution in [3.63, 3.8) is 0 Å². The Bertz CT molecular complexity index is 465. The Hall–Kier alpha value is -1.14. The van der Waals surface area contributed by atoms with Crippen molar-refractivity contribution < 1.29 is 9.53 Å². The fourth-order valence-corrected chi connectivity index (χ4v) is 2.11. The molecule has 0 N–H and O–H groups in total. The summed E-state index contributed by atoms with van der Waals surface area (Å²) in [6.07, 6.45) is 1.19. The Balaban J connectivity index is 2.31. The highest BCUT2D eigenvalue weighted by molar-refractivity contribution is 9.10. The first kappa shape index (κ1) is 13.3. The topological polar surface area (TPSA) is 45.7 Å². The molecule has 2 rings (SSSR count). The molecule has 0 spiro atoms. The molecule has 2 heterocycles. The van der Waals surface area contributed by atoms with Crippen LogP contribution in [0, 0.1) is 0 Å². The van der Waals surface area contributed by atoms with E-state index in [2.05, 4.69) is 20.9 Å². The van der Waals surface area contributed by atoms with Crippen molar-refractivity contribution in [3.8, 4) is 5.88 Å². The van der Waals surface area contributed by atoms with Gasteiger partial charge >= 0.3 is 0 Å². The lowest BCUT2D eigenvalue weighted by Gasteiger charge is -2.32. The van der Waals surface area contributed by atoms with Crippen molar-refractivity contribution in [1.82, 2.24) is 9.88 Å². The van der Waals surface area contributed by atoms with Crippen LogP contribution < -0.4 is 9.64 Å². The highest BCUT2D eigenvalue weighted by Gasteiger charge is 2.32. The molecule has 1 amide bonds. The van der Waals surface area contributed by atoms with E-state index in [0.717, 1.165) is 16.7 Å². The quantitative estimate of drug-likeness (QED) is 0.849. The maximum absolute atomic E-state index is 12.2. The first-order valence-corrected chi connectivity index (χ1v) is 6.56. The van der Waals surface area contributed by atoms with Gasteiger partial charge in [-0.1, -0.05) is 0 Å². The van der Waals surface area contributed by atoms with E-state index in [9.17, 15) is 4.79 Å². The van der Waals surface area contributed by atoms with Crippen LogP contribution in [0.2, 0.25) is 0 Å². The van der Waals surface area contributed by atoms with Crippen molar-refractivity contribution in [2.24, 2.45) is 0 Å². The van der Waals surface area contributed by atoms with E-state index in [1.165, 1.54) is 0 Å². The average molecular weight is 314 g/mol. The second-order valence-corrected chi connectivity index (χ2v) is 5.45. The number of carbonyl (C=O) groups excluding carboxylic acids is 1. The molecule has 18 heavy (non-hydrogen) atoms. The molecule has 0 unspecified atom stereocenters. The fourth-order valence-electron chi connectivity index (χ4n) is 1.79. The molecule has 1 aliphatic heterocycles. The predicted octanol–water partition coefficient (Wildman–Crippen LogP) is 1.52. The number of amides is 1. The van der Waals surface area contributed by atoms with Crippen LogP contribution in [0.4, 0.5) is 5.69 Å². The summed E-state index contributed by atoms with van der Waals surface area (Å²) in [7, 11) is 3.96. The highest BCUT2D eigenvalue weighted by atomic mass is 79.9. The maximum atomic E-state index is 12.2. The monoisotopic (exact) mass is 313 g/mol. The number of nitrogens with zero attached hydrogens (tertiary/aromatic N) is 3. The zero-order valence-electron chi connectivity index (χ0n) is 10.7. The Morgan fingerprint density at radius 2 is 2.28 bits per heavy atom. The number of rotatable bonds is 3. The van der Waals surface area contributed by atoms with E-state index >= 15 is 0 Å². The molecule has 6 heteroatoms. The summed E-state index contributed by atoms with van der Waals surface area (Å²) in [6, 6.07) is 1.86. The van der Waals surface area contributed by atoms with E-state index in [0.29, 0.717) is 12.4 Å². The van der Waals surface area contributed by atoms with E-state index in [-0.39, 0.29) is 5.91 Å². The summed E-state index contributed by atoms with van der Waals surface area (Å²) in [6.45, 7) is 3.17. The van der Waals surface area contributed by atoms with Gasteiger partial charge in [-0.15, -0.1) is 0 Å². The van der Waals surface area contributed by atoms with Crippen molar-refractivity contribution in [2.75, 3.05) is 32.1 Å². The molecule has 0 saturated heterocycles. The molecular formula is C12H16BrN3O2. The lowest BCUT2D eigenvalue weighted by molar-refractivity contribution is -0.125. The summed E-state index contributed by atoms with van der Waals surface area (Å²) >= 11 is 3.37. The fraction of sp³-hybridized carbons (Fsp3) is 0.500. The van der Waals surface area contributed by atoms with Crippen molar-refractivity contribution in [2.45, 2.75) is 13.0 Å². The number of hydrogen-bond donors (Lipinski definition) is 0. The Labute approximate surface area is 115 Å². The molecule has 0 saturated carbocycles. The van der Waals surface area contributed by atoms with Crippen LogP contribution in [0.25, 0.3) is 0 Å². The third-order valence-corrected chi connectivity index (χ3v) is 3.20. The molecule has 1 aromatic rings. The zero-order valence-corrected chi connectivity index (χ0v) is 12.3. The molecule has 0 bridgehead atoms. The lowest BCUT2D eigenvalue weighted by atomic mass is 10.2. The second-order valence-electron chi connectivity index (χ2n) is 4.53. The number of hydrogen-bond acceptors (Lipinski definition) is 4. The van der Waals surface area contributed by atoms with Gasteiger partial charge in [0.15, 0.2) is 6.10 Å². The van der Waals surface area contributed by atoms with E-state index in [4.69, 9.17) is 4.74 Å². The third kappa shape index (κ3) is 2.64. The number of pyridine rings is 1. The molecule has 5 nitrogen and oxygen atoms in total. The number of carbonyl (C=O) groups is 1. The molecule has 0 aliphatic carbocycles. The van der Waals surface area contributed by atoms with Gasteiger partial charge in [-0.3, -0.25) is 4.79 Å². The first-order valence-electron chi connectivity index (χ1n) is 5.77. The molecule has 0 aromatic carbocycles. The van der Waals surface area contributed by atoms with Gasteiger partial charge in [0.1, 0.15) is 5.69 Å². The Kier molecular flexibility index (Phi) is 3.87. The Morgan fingerprint density at radius 1 is 1.56 bits per heavy atom. The number of ether oxygens (including phenoxy) is 1. The molecule has 0 fully saturated rings. The van der Waals surface area contributed by atoms with Crippen LogP contribution in [0.1, 0.15) is 6.92 Å². The number of anilines is 1. The van der Waals surface area contributed by atoms with Crippen LogP contribution >= 0.6 is 15.9 Å². The zero-order chi connectivity index (χ0) is 13.3. The molecule has 1 aromatic heterocycles. The maximum Gasteiger partial charge on any atom is 0.268 e. The molecular weight excluding hydrogens is 298 g/mol. The van der Waals surface area contributed by atoms with Gasteiger partial charge in [0.05, 0.1) is 0 Å². The number of likely N-dealkylation sites (N-methyl/N-ethyl adjacent to an activating group) is 1. The number of aromatic nitrogens is 1. The Morgan fingerprint density at radius 3 is 2.94 bits per heavy atom. The van der Waals surface area contributed by atoms with Crippen LogP contribution in [-0.2, 0) is 4.79 Å². The van der Waals surface area contributed by atoms with E-state index in [1.54, 1.807) is 18.0 Å². The van der Waals surface area contributed by atoms with Crippen LogP contribution in [-0.4, -0.2) is 49.1 Å². The van der Waals surface area contributed by atoms with Crippen molar-refractivity contribution >= 4 is 27.5 Å². The van der Waals surface area contributed by atoms with Crippen molar-refractivity contribution in [1.29, 1.82) is 0 Å². The van der Waals surface area contributed by atoms with Crippen molar-refractivity contribution in [3.05, 3.63) is 16.7 Å². The minimum absolute atomic E-state index is 0.0238. The highest BCUT2D eigenvalue weighted by Crippen LogP contribution is 2.33. The van der Waals surface area contributed by atoms with Gasteiger partial charge in [-0.05, 0) is 43.0 Å². The number of halogens is 1. The van der Waals surface area contributed by atoms with Gasteiger partial charge in [-0.25, -0.2) is 4.98 Å². The van der Waals surface area contributed by atoms with Gasteiger partial charge < -0.3 is 14.5 Å². The van der Waals surface area contributed by atoms with Crippen LogP contribution in [0.5, 0.6) is 5.88 Å². The average Bonchev–Trinajstić information content (AvgIpc) is 2.30. The molecule has 1 aliphatic rings. The van der Waals surface area contributed by atoms with Gasteiger partial charge in [0, 0.05) is 23.8 Å².